The highest BCUT2D eigenvalue weighted by atomic mass is 16.3. The fourth-order valence-corrected chi connectivity index (χ4v) is 2.82. The Hall–Kier alpha value is -1.39. The van der Waals surface area contributed by atoms with Gasteiger partial charge in [-0.2, -0.15) is 0 Å². The van der Waals surface area contributed by atoms with Gasteiger partial charge in [0.15, 0.2) is 0 Å². The first-order valence-corrected chi connectivity index (χ1v) is 7.42. The van der Waals surface area contributed by atoms with E-state index in [0.717, 1.165) is 36.8 Å². The number of benzene rings is 1. The molecule has 1 aliphatic rings. The van der Waals surface area contributed by atoms with Gasteiger partial charge in [0.2, 0.25) is 5.91 Å². The molecule has 1 aromatic carbocycles. The third-order valence-electron chi connectivity index (χ3n) is 4.05. The zero-order chi connectivity index (χ0) is 14.4. The largest absolute Gasteiger partial charge is 0.392 e. The van der Waals surface area contributed by atoms with Gasteiger partial charge in [-0.1, -0.05) is 43.5 Å². The lowest BCUT2D eigenvalue weighted by atomic mass is 9.94. The Bertz CT molecular complexity index is 448. The molecule has 1 amide bonds. The first-order valence-electron chi connectivity index (χ1n) is 7.42. The van der Waals surface area contributed by atoms with Crippen molar-refractivity contribution in [3.05, 3.63) is 35.4 Å². The van der Waals surface area contributed by atoms with Crippen LogP contribution in [0.1, 0.15) is 43.2 Å². The number of carbonyl (C=O) groups excluding carboxylic acids is 1. The van der Waals surface area contributed by atoms with E-state index in [4.69, 9.17) is 10.8 Å². The van der Waals surface area contributed by atoms with Crippen molar-refractivity contribution >= 4 is 5.91 Å². The molecule has 0 spiro atoms. The van der Waals surface area contributed by atoms with E-state index < -0.39 is 0 Å². The highest BCUT2D eigenvalue weighted by Crippen LogP contribution is 2.22. The van der Waals surface area contributed by atoms with Gasteiger partial charge in [-0.15, -0.1) is 0 Å². The van der Waals surface area contributed by atoms with Crippen molar-refractivity contribution in [3.63, 3.8) is 0 Å². The second-order valence-corrected chi connectivity index (χ2v) is 5.60. The number of rotatable bonds is 4. The fraction of sp³-hybridized carbons (Fsp3) is 0.562. The first kappa shape index (κ1) is 15.0. The van der Waals surface area contributed by atoms with Gasteiger partial charge in [-0.3, -0.25) is 4.79 Å². The average molecular weight is 276 g/mol. The summed E-state index contributed by atoms with van der Waals surface area (Å²) in [6.07, 6.45) is 5.23. The fourth-order valence-electron chi connectivity index (χ4n) is 2.82. The predicted octanol–water partition coefficient (Wildman–Crippen LogP) is 1.70. The molecule has 0 aromatic heterocycles. The van der Waals surface area contributed by atoms with Gasteiger partial charge in [0, 0.05) is 12.6 Å². The number of aliphatic hydroxyl groups excluding tert-OH is 1. The third kappa shape index (κ3) is 4.05. The highest BCUT2D eigenvalue weighted by molar-refractivity contribution is 5.79. The van der Waals surface area contributed by atoms with Crippen LogP contribution in [-0.2, 0) is 17.9 Å². The number of amides is 1. The topological polar surface area (TPSA) is 75.4 Å². The van der Waals surface area contributed by atoms with Crippen molar-refractivity contribution in [1.29, 1.82) is 0 Å². The number of hydrogen-bond acceptors (Lipinski definition) is 3. The molecule has 0 saturated heterocycles. The molecular weight excluding hydrogens is 252 g/mol. The minimum Gasteiger partial charge on any atom is -0.392 e. The first-order chi connectivity index (χ1) is 9.70. The van der Waals surface area contributed by atoms with Gasteiger partial charge in [0.1, 0.15) is 0 Å². The van der Waals surface area contributed by atoms with Crippen molar-refractivity contribution in [2.24, 2.45) is 11.7 Å². The monoisotopic (exact) mass is 276 g/mol. The maximum absolute atomic E-state index is 12.2. The SMILES string of the molecule is NC1CCCCCC1C(=O)NCc1cccc(CO)c1. The predicted molar refractivity (Wildman–Crippen MR) is 78.8 cm³/mol. The van der Waals surface area contributed by atoms with Gasteiger partial charge in [0.25, 0.3) is 0 Å². The Morgan fingerprint density at radius 1 is 1.25 bits per heavy atom. The quantitative estimate of drug-likeness (QED) is 0.733. The third-order valence-corrected chi connectivity index (χ3v) is 4.05. The van der Waals surface area contributed by atoms with Crippen LogP contribution in [0.2, 0.25) is 0 Å². The van der Waals surface area contributed by atoms with E-state index in [0.29, 0.717) is 6.54 Å². The van der Waals surface area contributed by atoms with Gasteiger partial charge < -0.3 is 16.2 Å². The summed E-state index contributed by atoms with van der Waals surface area (Å²) in [5.41, 5.74) is 7.97. The minimum absolute atomic E-state index is 0.0127. The molecule has 2 unspecified atom stereocenters. The Balaban J connectivity index is 1.90. The van der Waals surface area contributed by atoms with Crippen LogP contribution in [0.3, 0.4) is 0 Å². The van der Waals surface area contributed by atoms with Crippen molar-refractivity contribution < 1.29 is 9.90 Å². The summed E-state index contributed by atoms with van der Waals surface area (Å²) < 4.78 is 0. The lowest BCUT2D eigenvalue weighted by Gasteiger charge is -2.20. The number of carbonyl (C=O) groups is 1. The number of nitrogens with two attached hydrogens (primary N) is 1. The molecule has 2 atom stereocenters. The zero-order valence-corrected chi connectivity index (χ0v) is 11.8. The van der Waals surface area contributed by atoms with Gasteiger partial charge in [-0.05, 0) is 24.0 Å². The van der Waals surface area contributed by atoms with Crippen LogP contribution in [0.5, 0.6) is 0 Å². The van der Waals surface area contributed by atoms with Crippen molar-refractivity contribution in [1.82, 2.24) is 5.32 Å². The Labute approximate surface area is 120 Å². The molecule has 110 valence electrons. The molecule has 1 aromatic rings. The maximum atomic E-state index is 12.2. The van der Waals surface area contributed by atoms with Crippen molar-refractivity contribution in [2.75, 3.05) is 0 Å². The van der Waals surface area contributed by atoms with E-state index in [2.05, 4.69) is 5.32 Å². The summed E-state index contributed by atoms with van der Waals surface area (Å²) in [6.45, 7) is 0.519. The molecule has 0 radical (unpaired) electrons. The van der Waals surface area contributed by atoms with Crippen LogP contribution in [0.4, 0.5) is 0 Å². The van der Waals surface area contributed by atoms with Crippen LogP contribution in [0, 0.1) is 5.92 Å². The summed E-state index contributed by atoms with van der Waals surface area (Å²) in [4.78, 5) is 12.2. The van der Waals surface area contributed by atoms with Gasteiger partial charge in [0.05, 0.1) is 12.5 Å². The van der Waals surface area contributed by atoms with E-state index >= 15 is 0 Å². The molecule has 1 fully saturated rings. The van der Waals surface area contributed by atoms with E-state index in [1.54, 1.807) is 0 Å². The lowest BCUT2D eigenvalue weighted by Crippen LogP contribution is -2.41. The maximum Gasteiger partial charge on any atom is 0.224 e. The van der Waals surface area contributed by atoms with Crippen LogP contribution in [0.15, 0.2) is 24.3 Å². The van der Waals surface area contributed by atoms with E-state index in [1.807, 2.05) is 24.3 Å². The Kier molecular flexibility index (Phi) is 5.56. The summed E-state index contributed by atoms with van der Waals surface area (Å²) in [5, 5.41) is 12.1. The Morgan fingerprint density at radius 2 is 2.00 bits per heavy atom. The molecular formula is C16H24N2O2. The summed E-state index contributed by atoms with van der Waals surface area (Å²) >= 11 is 0. The summed E-state index contributed by atoms with van der Waals surface area (Å²) in [7, 11) is 0. The van der Waals surface area contributed by atoms with Gasteiger partial charge in [-0.25, -0.2) is 0 Å². The summed E-state index contributed by atoms with van der Waals surface area (Å²) in [5.74, 6) is 0.00678. The standard InChI is InChI=1S/C16H24N2O2/c17-15-8-3-1-2-7-14(15)16(20)18-10-12-5-4-6-13(9-12)11-19/h4-6,9,14-15,19H,1-3,7-8,10-11,17H2,(H,18,20). The summed E-state index contributed by atoms with van der Waals surface area (Å²) in [6, 6.07) is 7.61. The van der Waals surface area contributed by atoms with Crippen LogP contribution >= 0.6 is 0 Å². The molecule has 0 aliphatic heterocycles. The molecule has 0 bridgehead atoms. The number of hydrogen-bond donors (Lipinski definition) is 3. The highest BCUT2D eigenvalue weighted by Gasteiger charge is 2.26. The molecule has 4 heteroatoms. The molecule has 2 rings (SSSR count). The zero-order valence-electron chi connectivity index (χ0n) is 11.8. The molecule has 0 heterocycles. The smallest absolute Gasteiger partial charge is 0.224 e. The molecule has 20 heavy (non-hydrogen) atoms. The van der Waals surface area contributed by atoms with Gasteiger partial charge >= 0.3 is 0 Å². The minimum atomic E-state index is -0.0569. The van der Waals surface area contributed by atoms with Crippen LogP contribution in [0.25, 0.3) is 0 Å². The van der Waals surface area contributed by atoms with Crippen LogP contribution in [-0.4, -0.2) is 17.1 Å². The molecule has 4 nitrogen and oxygen atoms in total. The normalized spacial score (nSPS) is 23.1. The van der Waals surface area contributed by atoms with E-state index in [9.17, 15) is 4.79 Å². The molecule has 1 aliphatic carbocycles. The van der Waals surface area contributed by atoms with Crippen molar-refractivity contribution in [3.8, 4) is 0 Å². The average Bonchev–Trinajstić information content (AvgIpc) is 2.69. The van der Waals surface area contributed by atoms with E-state index in [-0.39, 0.29) is 24.5 Å². The Morgan fingerprint density at radius 3 is 2.80 bits per heavy atom. The van der Waals surface area contributed by atoms with E-state index in [1.165, 1.54) is 6.42 Å². The second kappa shape index (κ2) is 7.41. The lowest BCUT2D eigenvalue weighted by molar-refractivity contribution is -0.126. The molecule has 1 saturated carbocycles. The molecule has 4 N–H and O–H groups in total. The number of nitrogens with one attached hydrogen (secondary N) is 1. The van der Waals surface area contributed by atoms with Crippen molar-refractivity contribution in [2.45, 2.75) is 51.3 Å². The number of aliphatic hydroxyl groups is 1. The van der Waals surface area contributed by atoms with Crippen LogP contribution < -0.4 is 11.1 Å². The second-order valence-electron chi connectivity index (χ2n) is 5.60.